The van der Waals surface area contributed by atoms with Gasteiger partial charge in [0, 0.05) is 32.0 Å². The molecule has 2 unspecified atom stereocenters. The van der Waals surface area contributed by atoms with E-state index in [0.717, 1.165) is 6.07 Å². The molecule has 3 heterocycles. The highest BCUT2D eigenvalue weighted by Crippen LogP contribution is 2.47. The van der Waals surface area contributed by atoms with Gasteiger partial charge in [0.1, 0.15) is 17.9 Å². The smallest absolute Gasteiger partial charge is 0.257 e. The maximum absolute atomic E-state index is 13.8. The lowest BCUT2D eigenvalue weighted by atomic mass is 9.89. The molecule has 3 saturated heterocycles. The summed E-state index contributed by atoms with van der Waals surface area (Å²) in [6, 6.07) is 11.6. The van der Waals surface area contributed by atoms with Gasteiger partial charge in [-0.1, -0.05) is 12.1 Å². The van der Waals surface area contributed by atoms with Crippen molar-refractivity contribution >= 4 is 11.8 Å². The zero-order valence-electron chi connectivity index (χ0n) is 17.3. The molecule has 0 bridgehead atoms. The van der Waals surface area contributed by atoms with Crippen molar-refractivity contribution in [1.29, 1.82) is 5.26 Å². The summed E-state index contributed by atoms with van der Waals surface area (Å²) >= 11 is 0. The van der Waals surface area contributed by atoms with Gasteiger partial charge in [0.15, 0.2) is 5.60 Å². The Bertz CT molecular complexity index is 1120. The highest BCUT2D eigenvalue weighted by atomic mass is 19.1. The van der Waals surface area contributed by atoms with E-state index in [1.54, 1.807) is 34.1 Å². The molecule has 3 aliphatic heterocycles. The predicted molar refractivity (Wildman–Crippen MR) is 109 cm³/mol. The molecule has 3 aliphatic rings. The quantitative estimate of drug-likeness (QED) is 0.721. The summed E-state index contributed by atoms with van der Waals surface area (Å²) in [6.07, 6.45) is 1.41. The molecule has 2 aromatic carbocycles. The first-order chi connectivity index (χ1) is 15.4. The average molecular weight is 437 g/mol. The van der Waals surface area contributed by atoms with Crippen molar-refractivity contribution in [3.8, 4) is 6.07 Å². The second-order valence-electron chi connectivity index (χ2n) is 8.52. The number of piperidine rings is 1. The molecule has 0 saturated carbocycles. The number of nitriles is 1. The van der Waals surface area contributed by atoms with Crippen LogP contribution in [0, 0.1) is 23.0 Å². The Morgan fingerprint density at radius 1 is 1.09 bits per heavy atom. The van der Waals surface area contributed by atoms with E-state index < -0.39 is 29.5 Å². The highest BCUT2D eigenvalue weighted by Gasteiger charge is 2.58. The van der Waals surface area contributed by atoms with Gasteiger partial charge >= 0.3 is 0 Å². The molecule has 164 valence electrons. The van der Waals surface area contributed by atoms with Gasteiger partial charge < -0.3 is 14.5 Å². The van der Waals surface area contributed by atoms with Crippen molar-refractivity contribution in [3.63, 3.8) is 0 Å². The van der Waals surface area contributed by atoms with E-state index in [-0.39, 0.29) is 11.8 Å². The third-order valence-electron chi connectivity index (χ3n) is 6.72. The van der Waals surface area contributed by atoms with Gasteiger partial charge in [-0.25, -0.2) is 8.78 Å². The Labute approximate surface area is 184 Å². The van der Waals surface area contributed by atoms with Crippen LogP contribution in [0.15, 0.2) is 42.5 Å². The number of nitrogens with zero attached hydrogens (tertiary/aromatic N) is 3. The summed E-state index contributed by atoms with van der Waals surface area (Å²) in [5.41, 5.74) is 0.0655. The minimum atomic E-state index is -1.03. The van der Waals surface area contributed by atoms with E-state index in [2.05, 4.69) is 0 Å². The maximum atomic E-state index is 13.8. The largest absolute Gasteiger partial charge is 0.342 e. The van der Waals surface area contributed by atoms with Gasteiger partial charge in [-0.2, -0.15) is 5.26 Å². The maximum Gasteiger partial charge on any atom is 0.257 e. The van der Waals surface area contributed by atoms with Crippen LogP contribution in [-0.4, -0.2) is 46.5 Å². The molecule has 6 nitrogen and oxygen atoms in total. The Hall–Kier alpha value is -3.31. The first kappa shape index (κ1) is 20.6. The van der Waals surface area contributed by atoms with Gasteiger partial charge in [0.05, 0.1) is 23.2 Å². The summed E-state index contributed by atoms with van der Waals surface area (Å²) in [7, 11) is 0. The predicted octanol–water partition coefficient (Wildman–Crippen LogP) is 3.53. The molecule has 2 aromatic rings. The summed E-state index contributed by atoms with van der Waals surface area (Å²) < 4.78 is 33.7. The van der Waals surface area contributed by atoms with E-state index in [9.17, 15) is 23.6 Å². The van der Waals surface area contributed by atoms with E-state index in [1.807, 2.05) is 6.07 Å². The van der Waals surface area contributed by atoms with Crippen molar-refractivity contribution < 1.29 is 23.1 Å². The molecule has 0 aliphatic carbocycles. The van der Waals surface area contributed by atoms with E-state index in [4.69, 9.17) is 4.74 Å². The number of halogens is 2. The highest BCUT2D eigenvalue weighted by molar-refractivity contribution is 5.97. The fourth-order valence-corrected chi connectivity index (χ4v) is 5.15. The number of likely N-dealkylation sites (tertiary alicyclic amines) is 1. The summed E-state index contributed by atoms with van der Waals surface area (Å²) in [6.45, 7) is 0.647. The Morgan fingerprint density at radius 3 is 2.47 bits per heavy atom. The van der Waals surface area contributed by atoms with E-state index in [1.165, 1.54) is 12.1 Å². The zero-order chi connectivity index (χ0) is 22.5. The number of amides is 2. The third kappa shape index (κ3) is 3.24. The van der Waals surface area contributed by atoms with Crippen LogP contribution >= 0.6 is 0 Å². The van der Waals surface area contributed by atoms with Crippen molar-refractivity contribution in [2.75, 3.05) is 13.1 Å². The number of benzene rings is 2. The summed E-state index contributed by atoms with van der Waals surface area (Å²) in [4.78, 5) is 29.6. The number of fused-ring (bicyclic) bond motifs is 1. The molecule has 3 fully saturated rings. The number of carbonyl (C=O) groups excluding carboxylic acids is 2. The van der Waals surface area contributed by atoms with Gasteiger partial charge in [-0.3, -0.25) is 9.59 Å². The van der Waals surface area contributed by atoms with Crippen LogP contribution in [0.1, 0.15) is 53.2 Å². The molecule has 0 radical (unpaired) electrons. The topological polar surface area (TPSA) is 73.6 Å². The van der Waals surface area contributed by atoms with Gasteiger partial charge in [0.2, 0.25) is 0 Å². The molecule has 8 heteroatoms. The molecular weight excluding hydrogens is 416 g/mol. The van der Waals surface area contributed by atoms with Gasteiger partial charge in [-0.05, 0) is 42.7 Å². The number of carbonyl (C=O) groups is 2. The van der Waals surface area contributed by atoms with Crippen LogP contribution < -0.4 is 0 Å². The Morgan fingerprint density at radius 2 is 1.78 bits per heavy atom. The van der Waals surface area contributed by atoms with Crippen LogP contribution in [0.25, 0.3) is 0 Å². The summed E-state index contributed by atoms with van der Waals surface area (Å²) in [5.74, 6) is -1.76. The number of hydrogen-bond acceptors (Lipinski definition) is 4. The number of rotatable bonds is 2. The van der Waals surface area contributed by atoms with Gasteiger partial charge in [0.25, 0.3) is 11.8 Å². The lowest BCUT2D eigenvalue weighted by Gasteiger charge is -2.37. The molecule has 5 rings (SSSR count). The van der Waals surface area contributed by atoms with E-state index in [0.29, 0.717) is 55.5 Å². The van der Waals surface area contributed by atoms with Crippen molar-refractivity contribution in [3.05, 3.63) is 70.8 Å². The van der Waals surface area contributed by atoms with Crippen molar-refractivity contribution in [2.24, 2.45) is 0 Å². The second kappa shape index (κ2) is 7.68. The van der Waals surface area contributed by atoms with Crippen LogP contribution in [-0.2, 0) is 9.53 Å². The first-order valence-electron chi connectivity index (χ1n) is 10.7. The minimum Gasteiger partial charge on any atom is -0.342 e. The Kier molecular flexibility index (Phi) is 4.94. The molecule has 32 heavy (non-hydrogen) atoms. The lowest BCUT2D eigenvalue weighted by Crippen LogP contribution is -2.51. The molecule has 1 spiro atoms. The fraction of sp³-hybridized carbons (Fsp3) is 0.375. The van der Waals surface area contributed by atoms with Crippen LogP contribution in [0.4, 0.5) is 8.78 Å². The molecule has 0 aromatic heterocycles. The lowest BCUT2D eigenvalue weighted by molar-refractivity contribution is -0.142. The second-order valence-corrected chi connectivity index (χ2v) is 8.52. The van der Waals surface area contributed by atoms with Crippen LogP contribution in [0.2, 0.25) is 0 Å². The standard InChI is InChI=1S/C24H21F2N3O3/c25-17-11-16(12-18(26)13-17)20-5-6-21-29(20)23(31)24(32-21)7-9-28(10-8-24)22(30)19-4-2-1-3-15(19)14-27/h1-4,11-13,20-21H,5-10H2. The first-order valence-corrected chi connectivity index (χ1v) is 10.7. The number of hydrogen-bond donors (Lipinski definition) is 0. The van der Waals surface area contributed by atoms with Gasteiger partial charge in [-0.15, -0.1) is 0 Å². The SMILES string of the molecule is N#Cc1ccccc1C(=O)N1CCC2(CC1)OC1CCC(c3cc(F)cc(F)c3)N1C2=O. The van der Waals surface area contributed by atoms with Crippen LogP contribution in [0.5, 0.6) is 0 Å². The third-order valence-corrected chi connectivity index (χ3v) is 6.72. The molecule has 2 atom stereocenters. The van der Waals surface area contributed by atoms with Crippen molar-refractivity contribution in [2.45, 2.75) is 43.6 Å². The Balaban J connectivity index is 1.32. The van der Waals surface area contributed by atoms with Crippen molar-refractivity contribution in [1.82, 2.24) is 9.80 Å². The normalized spacial score (nSPS) is 24.0. The monoisotopic (exact) mass is 437 g/mol. The molecular formula is C24H21F2N3O3. The van der Waals surface area contributed by atoms with Crippen LogP contribution in [0.3, 0.4) is 0 Å². The summed E-state index contributed by atoms with van der Waals surface area (Å²) in [5, 5.41) is 9.27. The number of ether oxygens (including phenoxy) is 1. The fourth-order valence-electron chi connectivity index (χ4n) is 5.15. The molecule has 0 N–H and O–H groups in total. The zero-order valence-corrected chi connectivity index (χ0v) is 17.3. The minimum absolute atomic E-state index is 0.181. The van der Waals surface area contributed by atoms with E-state index >= 15 is 0 Å². The average Bonchev–Trinajstić information content (AvgIpc) is 3.31. The molecule has 2 amide bonds.